The van der Waals surface area contributed by atoms with Crippen LogP contribution >= 0.6 is 0 Å². The van der Waals surface area contributed by atoms with Gasteiger partial charge >= 0.3 is 6.18 Å². The SMILES string of the molecule is NC(=O)Cc1cccc(OCCCN(Cc2ccc(F)cc2C(F)(F)F)CC(c2ccccc2)c2ccccc2)c1. The van der Waals surface area contributed by atoms with E-state index in [1.54, 1.807) is 24.3 Å². The Hall–Kier alpha value is -4.17. The number of halogens is 4. The van der Waals surface area contributed by atoms with Gasteiger partial charge in [-0.05, 0) is 52.9 Å². The lowest BCUT2D eigenvalue weighted by Crippen LogP contribution is -2.31. The topological polar surface area (TPSA) is 55.6 Å². The Morgan fingerprint density at radius 1 is 0.854 bits per heavy atom. The number of nitrogens with two attached hydrogens (primary N) is 1. The standard InChI is InChI=1S/C33H32F4N2O2/c34-28-16-15-27(31(21-28)33(35,36)37)22-39(17-8-18-41-29-14-7-9-24(19-29)20-32(38)40)23-30(25-10-3-1-4-11-25)26-12-5-2-6-13-26/h1-7,9-16,19,21,30H,8,17-18,20,22-23H2,(H2,38,40). The molecule has 8 heteroatoms. The van der Waals surface area contributed by atoms with E-state index >= 15 is 0 Å². The van der Waals surface area contributed by atoms with Crippen LogP contribution in [0, 0.1) is 5.82 Å². The molecule has 4 aromatic carbocycles. The van der Waals surface area contributed by atoms with Gasteiger partial charge in [-0.2, -0.15) is 13.2 Å². The van der Waals surface area contributed by atoms with E-state index in [0.29, 0.717) is 37.9 Å². The summed E-state index contributed by atoms with van der Waals surface area (Å²) < 4.78 is 61.2. The van der Waals surface area contributed by atoms with Crippen LogP contribution in [0.4, 0.5) is 17.6 Å². The Bertz CT molecular complexity index is 1370. The number of hydrogen-bond donors (Lipinski definition) is 1. The molecule has 0 saturated carbocycles. The van der Waals surface area contributed by atoms with Crippen molar-refractivity contribution < 1.29 is 27.1 Å². The van der Waals surface area contributed by atoms with Crippen LogP contribution in [0.25, 0.3) is 0 Å². The summed E-state index contributed by atoms with van der Waals surface area (Å²) >= 11 is 0. The fraction of sp³-hybridized carbons (Fsp3) is 0.242. The number of amides is 1. The number of benzene rings is 4. The predicted octanol–water partition coefficient (Wildman–Crippen LogP) is 6.98. The molecule has 0 atom stereocenters. The van der Waals surface area contributed by atoms with Gasteiger partial charge in [0.15, 0.2) is 0 Å². The molecule has 0 aliphatic carbocycles. The maximum absolute atomic E-state index is 13.8. The van der Waals surface area contributed by atoms with Crippen LogP contribution in [-0.2, 0) is 23.9 Å². The molecule has 0 bridgehead atoms. The molecule has 0 radical (unpaired) electrons. The highest BCUT2D eigenvalue weighted by molar-refractivity contribution is 5.76. The van der Waals surface area contributed by atoms with Gasteiger partial charge in [0.2, 0.25) is 5.91 Å². The molecule has 4 rings (SSSR count). The molecule has 0 aliphatic heterocycles. The third-order valence-electron chi connectivity index (χ3n) is 6.78. The van der Waals surface area contributed by atoms with Crippen molar-refractivity contribution in [3.05, 3.63) is 137 Å². The van der Waals surface area contributed by atoms with E-state index in [-0.39, 0.29) is 24.4 Å². The molecule has 0 aromatic heterocycles. The number of primary amides is 1. The molecule has 2 N–H and O–H groups in total. The summed E-state index contributed by atoms with van der Waals surface area (Å²) in [6.45, 7) is 1.18. The first kappa shape index (κ1) is 29.8. The van der Waals surface area contributed by atoms with Gasteiger partial charge in [0, 0.05) is 25.6 Å². The minimum absolute atomic E-state index is 0.0128. The number of carbonyl (C=O) groups is 1. The third kappa shape index (κ3) is 8.91. The summed E-state index contributed by atoms with van der Waals surface area (Å²) in [4.78, 5) is 13.2. The Kier molecular flexibility index (Phi) is 10.1. The molecular weight excluding hydrogens is 532 g/mol. The lowest BCUT2D eigenvalue weighted by atomic mass is 9.90. The van der Waals surface area contributed by atoms with Gasteiger partial charge < -0.3 is 10.5 Å². The Morgan fingerprint density at radius 2 is 1.51 bits per heavy atom. The zero-order valence-electron chi connectivity index (χ0n) is 22.5. The molecule has 0 unspecified atom stereocenters. The summed E-state index contributed by atoms with van der Waals surface area (Å²) in [5.41, 5.74) is 7.15. The summed E-state index contributed by atoms with van der Waals surface area (Å²) in [5, 5.41) is 0. The van der Waals surface area contributed by atoms with Crippen LogP contribution in [-0.4, -0.2) is 30.5 Å². The highest BCUT2D eigenvalue weighted by atomic mass is 19.4. The third-order valence-corrected chi connectivity index (χ3v) is 6.78. The minimum Gasteiger partial charge on any atom is -0.494 e. The molecule has 214 valence electrons. The minimum atomic E-state index is -4.68. The van der Waals surface area contributed by atoms with Gasteiger partial charge in [0.1, 0.15) is 11.6 Å². The van der Waals surface area contributed by atoms with Crippen molar-refractivity contribution in [3.8, 4) is 5.75 Å². The van der Waals surface area contributed by atoms with Crippen molar-refractivity contribution in [1.82, 2.24) is 4.90 Å². The lowest BCUT2D eigenvalue weighted by molar-refractivity contribution is -0.138. The quantitative estimate of drug-likeness (QED) is 0.141. The van der Waals surface area contributed by atoms with E-state index in [1.165, 1.54) is 6.07 Å². The molecule has 4 nitrogen and oxygen atoms in total. The molecule has 0 heterocycles. The number of ether oxygens (including phenoxy) is 1. The second-order valence-corrected chi connectivity index (χ2v) is 9.90. The van der Waals surface area contributed by atoms with Gasteiger partial charge in [-0.1, -0.05) is 78.9 Å². The summed E-state index contributed by atoms with van der Waals surface area (Å²) in [6, 6.07) is 29.6. The van der Waals surface area contributed by atoms with Crippen molar-refractivity contribution >= 4 is 5.91 Å². The molecule has 4 aromatic rings. The summed E-state index contributed by atoms with van der Waals surface area (Å²) in [7, 11) is 0. The first-order chi connectivity index (χ1) is 19.7. The Labute approximate surface area is 237 Å². The normalized spacial score (nSPS) is 11.7. The van der Waals surface area contributed by atoms with Crippen molar-refractivity contribution in [1.29, 1.82) is 0 Å². The molecule has 0 spiro atoms. The zero-order valence-corrected chi connectivity index (χ0v) is 22.5. The number of carbonyl (C=O) groups excluding carboxylic acids is 1. The predicted molar refractivity (Wildman–Crippen MR) is 151 cm³/mol. The Balaban J connectivity index is 1.55. The van der Waals surface area contributed by atoms with Crippen LogP contribution in [0.15, 0.2) is 103 Å². The van der Waals surface area contributed by atoms with Crippen LogP contribution < -0.4 is 10.5 Å². The van der Waals surface area contributed by atoms with Crippen molar-refractivity contribution in [2.24, 2.45) is 5.73 Å². The number of rotatable bonds is 13. The molecule has 1 amide bonds. The average molecular weight is 565 g/mol. The molecule has 41 heavy (non-hydrogen) atoms. The van der Waals surface area contributed by atoms with E-state index in [2.05, 4.69) is 0 Å². The highest BCUT2D eigenvalue weighted by Crippen LogP contribution is 2.34. The van der Waals surface area contributed by atoms with E-state index in [4.69, 9.17) is 10.5 Å². The van der Waals surface area contributed by atoms with Crippen molar-refractivity contribution in [2.75, 3.05) is 19.7 Å². The molecular formula is C33H32F4N2O2. The smallest absolute Gasteiger partial charge is 0.416 e. The van der Waals surface area contributed by atoms with Crippen LogP contribution in [0.3, 0.4) is 0 Å². The maximum atomic E-state index is 13.8. The average Bonchev–Trinajstić information content (AvgIpc) is 2.95. The van der Waals surface area contributed by atoms with Gasteiger partial charge in [-0.25, -0.2) is 4.39 Å². The Morgan fingerprint density at radius 3 is 2.12 bits per heavy atom. The largest absolute Gasteiger partial charge is 0.494 e. The monoisotopic (exact) mass is 564 g/mol. The number of alkyl halides is 3. The fourth-order valence-electron chi connectivity index (χ4n) is 4.88. The second kappa shape index (κ2) is 13.9. The van der Waals surface area contributed by atoms with Gasteiger partial charge in [-0.15, -0.1) is 0 Å². The summed E-state index contributed by atoms with van der Waals surface area (Å²) in [5.74, 6) is -0.882. The maximum Gasteiger partial charge on any atom is 0.416 e. The highest BCUT2D eigenvalue weighted by Gasteiger charge is 2.34. The molecule has 0 saturated heterocycles. The molecule has 0 aliphatic rings. The zero-order chi connectivity index (χ0) is 29.2. The first-order valence-corrected chi connectivity index (χ1v) is 13.4. The second-order valence-electron chi connectivity index (χ2n) is 9.90. The lowest BCUT2D eigenvalue weighted by Gasteiger charge is -2.29. The van der Waals surface area contributed by atoms with E-state index < -0.39 is 23.5 Å². The first-order valence-electron chi connectivity index (χ1n) is 13.4. The van der Waals surface area contributed by atoms with Crippen LogP contribution in [0.1, 0.15) is 40.2 Å². The number of nitrogens with zero attached hydrogens (tertiary/aromatic N) is 1. The van der Waals surface area contributed by atoms with Gasteiger partial charge in [0.05, 0.1) is 18.6 Å². The summed E-state index contributed by atoms with van der Waals surface area (Å²) in [6.07, 6.45) is -4.05. The van der Waals surface area contributed by atoms with E-state index in [9.17, 15) is 22.4 Å². The fourth-order valence-corrected chi connectivity index (χ4v) is 4.88. The van der Waals surface area contributed by atoms with Crippen molar-refractivity contribution in [3.63, 3.8) is 0 Å². The van der Waals surface area contributed by atoms with E-state index in [0.717, 1.165) is 22.8 Å². The van der Waals surface area contributed by atoms with Gasteiger partial charge in [0.25, 0.3) is 0 Å². The van der Waals surface area contributed by atoms with Crippen LogP contribution in [0.5, 0.6) is 5.75 Å². The van der Waals surface area contributed by atoms with Crippen LogP contribution in [0.2, 0.25) is 0 Å². The molecule has 0 fully saturated rings. The van der Waals surface area contributed by atoms with Crippen molar-refractivity contribution in [2.45, 2.75) is 31.5 Å². The van der Waals surface area contributed by atoms with E-state index in [1.807, 2.05) is 65.6 Å². The van der Waals surface area contributed by atoms with Gasteiger partial charge in [-0.3, -0.25) is 9.69 Å². The number of hydrogen-bond acceptors (Lipinski definition) is 3.